The molecule has 1 aromatic rings. The van der Waals surface area contributed by atoms with Gasteiger partial charge in [0.05, 0.1) is 5.92 Å². The van der Waals surface area contributed by atoms with Crippen molar-refractivity contribution in [3.8, 4) is 0 Å². The van der Waals surface area contributed by atoms with Crippen LogP contribution in [0.3, 0.4) is 0 Å². The molecular weight excluding hydrogens is 258 g/mol. The molecule has 0 bridgehead atoms. The van der Waals surface area contributed by atoms with Gasteiger partial charge in [0.1, 0.15) is 6.61 Å². The molecule has 0 aliphatic carbocycles. The summed E-state index contributed by atoms with van der Waals surface area (Å²) >= 11 is 0. The zero-order chi connectivity index (χ0) is 14.5. The number of carbonyl (C=O) groups is 2. The molecule has 1 radical (unpaired) electrons. The SMILES string of the molecule is CC[C@@H]1CN(C(=O)OCc2ccccc2)CC1C([O])=O. The Morgan fingerprint density at radius 1 is 1.25 bits per heavy atom. The van der Waals surface area contributed by atoms with E-state index in [0.717, 1.165) is 5.56 Å². The number of hydrogen-bond acceptors (Lipinski definition) is 3. The lowest BCUT2D eigenvalue weighted by atomic mass is 9.94. The predicted octanol–water partition coefficient (Wildman–Crippen LogP) is 2.24. The predicted molar refractivity (Wildman–Crippen MR) is 71.2 cm³/mol. The maximum absolute atomic E-state index is 11.9. The summed E-state index contributed by atoms with van der Waals surface area (Å²) in [5.41, 5.74) is 0.906. The van der Waals surface area contributed by atoms with Gasteiger partial charge in [-0.25, -0.2) is 14.7 Å². The lowest BCUT2D eigenvalue weighted by Gasteiger charge is -2.15. The Morgan fingerprint density at radius 3 is 2.50 bits per heavy atom. The van der Waals surface area contributed by atoms with Gasteiger partial charge in [0.25, 0.3) is 0 Å². The van der Waals surface area contributed by atoms with Crippen LogP contribution in [0.5, 0.6) is 0 Å². The van der Waals surface area contributed by atoms with Crippen molar-refractivity contribution in [1.29, 1.82) is 0 Å². The number of nitrogens with zero attached hydrogens (tertiary/aromatic N) is 1. The van der Waals surface area contributed by atoms with E-state index in [1.165, 1.54) is 4.90 Å². The standard InChI is InChI=1S/C15H18NO4/c1-2-12-8-16(9-13(12)14(17)18)15(19)20-10-11-6-4-3-5-7-11/h3-7,12-13H,2,8-10H2,1H3/t12-,13?/m1/s1. The van der Waals surface area contributed by atoms with E-state index in [1.807, 2.05) is 37.3 Å². The van der Waals surface area contributed by atoms with Crippen LogP contribution in [0.15, 0.2) is 30.3 Å². The fraction of sp³-hybridized carbons (Fsp3) is 0.467. The minimum Gasteiger partial charge on any atom is -0.445 e. The molecule has 107 valence electrons. The first-order valence-corrected chi connectivity index (χ1v) is 6.78. The molecule has 0 spiro atoms. The summed E-state index contributed by atoms with van der Waals surface area (Å²) in [6.07, 6.45) is 0.247. The van der Waals surface area contributed by atoms with Crippen LogP contribution in [0.1, 0.15) is 18.9 Å². The van der Waals surface area contributed by atoms with Crippen molar-refractivity contribution in [2.75, 3.05) is 13.1 Å². The van der Waals surface area contributed by atoms with Crippen LogP contribution in [-0.2, 0) is 21.2 Å². The lowest BCUT2D eigenvalue weighted by molar-refractivity contribution is -0.148. The number of carbonyl (C=O) groups excluding carboxylic acids is 2. The fourth-order valence-electron chi connectivity index (χ4n) is 2.51. The molecule has 1 amide bonds. The van der Waals surface area contributed by atoms with Crippen LogP contribution in [-0.4, -0.2) is 30.1 Å². The Hall–Kier alpha value is -2.04. The molecule has 1 aliphatic rings. The number of ether oxygens (including phenoxy) is 1. The molecule has 2 atom stereocenters. The van der Waals surface area contributed by atoms with Gasteiger partial charge in [-0.1, -0.05) is 43.7 Å². The van der Waals surface area contributed by atoms with E-state index in [0.29, 0.717) is 13.0 Å². The highest BCUT2D eigenvalue weighted by Crippen LogP contribution is 2.27. The fourth-order valence-corrected chi connectivity index (χ4v) is 2.51. The highest BCUT2D eigenvalue weighted by molar-refractivity contribution is 5.74. The molecular formula is C15H18NO4. The van der Waals surface area contributed by atoms with E-state index in [2.05, 4.69) is 0 Å². The van der Waals surface area contributed by atoms with Crippen LogP contribution < -0.4 is 0 Å². The van der Waals surface area contributed by atoms with E-state index < -0.39 is 18.0 Å². The first kappa shape index (κ1) is 14.4. The van der Waals surface area contributed by atoms with E-state index in [-0.39, 0.29) is 19.1 Å². The Balaban J connectivity index is 1.89. The molecule has 20 heavy (non-hydrogen) atoms. The van der Waals surface area contributed by atoms with Gasteiger partial charge in [-0.2, -0.15) is 0 Å². The van der Waals surface area contributed by atoms with E-state index in [9.17, 15) is 14.7 Å². The van der Waals surface area contributed by atoms with E-state index >= 15 is 0 Å². The van der Waals surface area contributed by atoms with Crippen molar-refractivity contribution < 1.29 is 19.4 Å². The molecule has 1 aromatic carbocycles. The summed E-state index contributed by atoms with van der Waals surface area (Å²) < 4.78 is 5.21. The van der Waals surface area contributed by atoms with Crippen LogP contribution in [0, 0.1) is 11.8 Å². The summed E-state index contributed by atoms with van der Waals surface area (Å²) in [5, 5.41) is 11.0. The van der Waals surface area contributed by atoms with Gasteiger partial charge >= 0.3 is 12.1 Å². The van der Waals surface area contributed by atoms with E-state index in [4.69, 9.17) is 4.74 Å². The third kappa shape index (κ3) is 3.29. The maximum atomic E-state index is 11.9. The van der Waals surface area contributed by atoms with Crippen LogP contribution in [0.4, 0.5) is 4.79 Å². The Labute approximate surface area is 118 Å². The zero-order valence-corrected chi connectivity index (χ0v) is 11.5. The summed E-state index contributed by atoms with van der Waals surface area (Å²) in [6.45, 7) is 2.71. The molecule has 0 saturated carbocycles. The highest BCUT2D eigenvalue weighted by Gasteiger charge is 2.40. The van der Waals surface area contributed by atoms with Gasteiger partial charge in [0.15, 0.2) is 0 Å². The van der Waals surface area contributed by atoms with Crippen molar-refractivity contribution in [2.45, 2.75) is 20.0 Å². The molecule has 0 aromatic heterocycles. The minimum atomic E-state index is -1.09. The van der Waals surface area contributed by atoms with Crippen LogP contribution in [0.2, 0.25) is 0 Å². The van der Waals surface area contributed by atoms with Crippen molar-refractivity contribution in [3.05, 3.63) is 35.9 Å². The topological polar surface area (TPSA) is 66.5 Å². The molecule has 5 nitrogen and oxygen atoms in total. The molecule has 5 heteroatoms. The zero-order valence-electron chi connectivity index (χ0n) is 11.5. The molecule has 2 rings (SSSR count). The Bertz CT molecular complexity index is 474. The number of rotatable bonds is 4. The van der Waals surface area contributed by atoms with Gasteiger partial charge in [-0.05, 0) is 11.5 Å². The maximum Gasteiger partial charge on any atom is 0.410 e. The van der Waals surface area contributed by atoms with Crippen LogP contribution >= 0.6 is 0 Å². The smallest absolute Gasteiger partial charge is 0.410 e. The number of hydrogen-bond donors (Lipinski definition) is 0. The number of amides is 1. The van der Waals surface area contributed by atoms with Crippen molar-refractivity contribution in [2.24, 2.45) is 11.8 Å². The molecule has 1 unspecified atom stereocenters. The van der Waals surface area contributed by atoms with Gasteiger partial charge in [0.2, 0.25) is 0 Å². The normalized spacial score (nSPS) is 21.8. The summed E-state index contributed by atoms with van der Waals surface area (Å²) in [5.74, 6) is -1.73. The average Bonchev–Trinajstić information content (AvgIpc) is 2.90. The molecule has 1 saturated heterocycles. The van der Waals surface area contributed by atoms with Crippen molar-refractivity contribution in [1.82, 2.24) is 4.90 Å². The van der Waals surface area contributed by atoms with Gasteiger partial charge < -0.3 is 9.64 Å². The Morgan fingerprint density at radius 2 is 1.95 bits per heavy atom. The molecule has 0 N–H and O–H groups in total. The van der Waals surface area contributed by atoms with E-state index in [1.54, 1.807) is 0 Å². The average molecular weight is 276 g/mol. The monoisotopic (exact) mass is 276 g/mol. The van der Waals surface area contributed by atoms with Crippen LogP contribution in [0.25, 0.3) is 0 Å². The second kappa shape index (κ2) is 6.41. The van der Waals surface area contributed by atoms with Crippen molar-refractivity contribution in [3.63, 3.8) is 0 Å². The first-order chi connectivity index (χ1) is 9.61. The lowest BCUT2D eigenvalue weighted by Crippen LogP contribution is -2.30. The third-order valence-electron chi connectivity index (χ3n) is 3.73. The molecule has 1 heterocycles. The second-order valence-electron chi connectivity index (χ2n) is 5.04. The highest BCUT2D eigenvalue weighted by atomic mass is 16.6. The third-order valence-corrected chi connectivity index (χ3v) is 3.73. The van der Waals surface area contributed by atoms with Gasteiger partial charge in [-0.15, -0.1) is 0 Å². The summed E-state index contributed by atoms with van der Waals surface area (Å²) in [6, 6.07) is 9.38. The first-order valence-electron chi connectivity index (χ1n) is 6.78. The largest absolute Gasteiger partial charge is 0.445 e. The second-order valence-corrected chi connectivity index (χ2v) is 5.04. The van der Waals surface area contributed by atoms with Gasteiger partial charge in [0, 0.05) is 13.1 Å². The van der Waals surface area contributed by atoms with Gasteiger partial charge in [-0.3, -0.25) is 0 Å². The number of likely N-dealkylation sites (tertiary alicyclic amines) is 1. The quantitative estimate of drug-likeness (QED) is 0.847. The van der Waals surface area contributed by atoms with Crippen molar-refractivity contribution >= 4 is 12.1 Å². The minimum absolute atomic E-state index is 0.0516. The summed E-state index contributed by atoms with van der Waals surface area (Å²) in [4.78, 5) is 24.4. The Kier molecular flexibility index (Phi) is 4.61. The number of benzene rings is 1. The molecule has 1 aliphatic heterocycles. The molecule has 1 fully saturated rings. The summed E-state index contributed by atoms with van der Waals surface area (Å²) in [7, 11) is 0.